The van der Waals surface area contributed by atoms with E-state index in [4.69, 9.17) is 0 Å². The van der Waals surface area contributed by atoms with E-state index in [-0.39, 0.29) is 5.78 Å². The average molecular weight is 192 g/mol. The Morgan fingerprint density at radius 2 is 1.79 bits per heavy atom. The molecular formula is C12H16O2. The molecule has 0 radical (unpaired) electrons. The van der Waals surface area contributed by atoms with Crippen LogP contribution in [0.1, 0.15) is 32.3 Å². The third-order valence-electron chi connectivity index (χ3n) is 2.25. The summed E-state index contributed by atoms with van der Waals surface area (Å²) in [6.07, 6.45) is 0. The molecule has 1 atom stereocenters. The van der Waals surface area contributed by atoms with Gasteiger partial charge in [0.15, 0.2) is 0 Å². The molecule has 0 aliphatic carbocycles. The van der Waals surface area contributed by atoms with Crippen LogP contribution in [0.25, 0.3) is 0 Å². The second-order valence-corrected chi connectivity index (χ2v) is 4.11. The zero-order valence-corrected chi connectivity index (χ0v) is 8.82. The van der Waals surface area contributed by atoms with Gasteiger partial charge in [0.25, 0.3) is 0 Å². The Hall–Kier alpha value is -1.15. The molecule has 1 aromatic carbocycles. The molecule has 0 saturated carbocycles. The molecule has 0 heterocycles. The molecule has 1 N–H and O–H groups in total. The zero-order valence-electron chi connectivity index (χ0n) is 8.82. The van der Waals surface area contributed by atoms with Crippen LogP contribution in [0.4, 0.5) is 0 Å². The minimum atomic E-state index is -1.01. The Labute approximate surface area is 84.6 Å². The molecule has 0 aliphatic rings. The molecule has 0 aromatic heterocycles. The number of ketones is 1. The molecule has 2 heteroatoms. The highest BCUT2D eigenvalue weighted by Gasteiger charge is 2.31. The van der Waals surface area contributed by atoms with Crippen molar-refractivity contribution in [2.45, 2.75) is 32.3 Å². The van der Waals surface area contributed by atoms with Crippen molar-refractivity contribution in [3.8, 4) is 0 Å². The van der Waals surface area contributed by atoms with Gasteiger partial charge in [-0.15, -0.1) is 0 Å². The van der Waals surface area contributed by atoms with Gasteiger partial charge < -0.3 is 5.11 Å². The van der Waals surface area contributed by atoms with Crippen LogP contribution >= 0.6 is 0 Å². The normalized spacial score (nSPS) is 13.7. The first-order valence-electron chi connectivity index (χ1n) is 4.70. The van der Waals surface area contributed by atoms with Gasteiger partial charge >= 0.3 is 0 Å². The van der Waals surface area contributed by atoms with E-state index in [0.717, 1.165) is 5.56 Å². The van der Waals surface area contributed by atoms with E-state index in [9.17, 15) is 9.90 Å². The molecule has 1 aromatic rings. The summed E-state index contributed by atoms with van der Waals surface area (Å²) in [5.41, 5.74) is -0.139. The SMILES string of the molecule is CC(=O)C(c1ccccc1)C(C)(C)O. The predicted molar refractivity (Wildman–Crippen MR) is 56.2 cm³/mol. The smallest absolute Gasteiger partial charge is 0.140 e. The minimum absolute atomic E-state index is 0.0105. The summed E-state index contributed by atoms with van der Waals surface area (Å²) in [6.45, 7) is 4.83. The van der Waals surface area contributed by atoms with Crippen molar-refractivity contribution in [3.05, 3.63) is 35.9 Å². The number of hydrogen-bond donors (Lipinski definition) is 1. The van der Waals surface area contributed by atoms with Crippen molar-refractivity contribution < 1.29 is 9.90 Å². The lowest BCUT2D eigenvalue weighted by molar-refractivity contribution is -0.123. The summed E-state index contributed by atoms with van der Waals surface area (Å²) in [5.74, 6) is -0.451. The Bertz CT molecular complexity index is 309. The molecule has 0 saturated heterocycles. The van der Waals surface area contributed by atoms with E-state index in [1.54, 1.807) is 13.8 Å². The van der Waals surface area contributed by atoms with Crippen LogP contribution in [0.3, 0.4) is 0 Å². The highest BCUT2D eigenvalue weighted by atomic mass is 16.3. The minimum Gasteiger partial charge on any atom is -0.389 e. The fourth-order valence-electron chi connectivity index (χ4n) is 1.79. The Morgan fingerprint density at radius 1 is 1.29 bits per heavy atom. The van der Waals surface area contributed by atoms with Gasteiger partial charge in [0, 0.05) is 0 Å². The number of carbonyl (C=O) groups excluding carboxylic acids is 1. The monoisotopic (exact) mass is 192 g/mol. The highest BCUT2D eigenvalue weighted by Crippen LogP contribution is 2.28. The average Bonchev–Trinajstić information content (AvgIpc) is 2.02. The maximum atomic E-state index is 11.4. The summed E-state index contributed by atoms with van der Waals surface area (Å²) in [4.78, 5) is 11.4. The standard InChI is InChI=1S/C12H16O2/c1-9(13)11(12(2,3)14)10-7-5-4-6-8-10/h4-8,11,14H,1-3H3. The number of hydrogen-bond acceptors (Lipinski definition) is 2. The molecule has 76 valence electrons. The first-order chi connectivity index (χ1) is 6.43. The van der Waals surface area contributed by atoms with Crippen LogP contribution < -0.4 is 0 Å². The first-order valence-corrected chi connectivity index (χ1v) is 4.70. The maximum absolute atomic E-state index is 11.4. The largest absolute Gasteiger partial charge is 0.389 e. The molecule has 1 rings (SSSR count). The van der Waals surface area contributed by atoms with Crippen molar-refractivity contribution in [1.29, 1.82) is 0 Å². The lowest BCUT2D eigenvalue weighted by Crippen LogP contribution is -2.33. The number of Topliss-reactive ketones (excluding diaryl/α,β-unsaturated/α-hetero) is 1. The van der Waals surface area contributed by atoms with Crippen molar-refractivity contribution in [2.24, 2.45) is 0 Å². The van der Waals surface area contributed by atoms with E-state index in [1.165, 1.54) is 6.92 Å². The number of benzene rings is 1. The summed E-state index contributed by atoms with van der Waals surface area (Å²) < 4.78 is 0. The Kier molecular flexibility index (Phi) is 3.06. The van der Waals surface area contributed by atoms with Gasteiger partial charge in [0.05, 0.1) is 11.5 Å². The van der Waals surface area contributed by atoms with Gasteiger partial charge in [-0.25, -0.2) is 0 Å². The quantitative estimate of drug-likeness (QED) is 0.796. The van der Waals surface area contributed by atoms with Crippen LogP contribution in [-0.4, -0.2) is 16.5 Å². The maximum Gasteiger partial charge on any atom is 0.140 e. The molecule has 14 heavy (non-hydrogen) atoms. The number of aliphatic hydroxyl groups is 1. The molecular weight excluding hydrogens is 176 g/mol. The van der Waals surface area contributed by atoms with Crippen LogP contribution in [0.15, 0.2) is 30.3 Å². The van der Waals surface area contributed by atoms with Crippen LogP contribution in [0.5, 0.6) is 0 Å². The van der Waals surface area contributed by atoms with E-state index in [2.05, 4.69) is 0 Å². The van der Waals surface area contributed by atoms with Gasteiger partial charge in [-0.3, -0.25) is 4.79 Å². The third kappa shape index (κ3) is 2.42. The van der Waals surface area contributed by atoms with Crippen molar-refractivity contribution in [1.82, 2.24) is 0 Å². The second-order valence-electron chi connectivity index (χ2n) is 4.11. The van der Waals surface area contributed by atoms with Gasteiger partial charge in [-0.1, -0.05) is 30.3 Å². The third-order valence-corrected chi connectivity index (χ3v) is 2.25. The summed E-state index contributed by atoms with van der Waals surface area (Å²) in [6, 6.07) is 9.37. The summed E-state index contributed by atoms with van der Waals surface area (Å²) in [5, 5.41) is 9.88. The van der Waals surface area contributed by atoms with Crippen LogP contribution in [0, 0.1) is 0 Å². The van der Waals surface area contributed by atoms with Gasteiger partial charge in [-0.05, 0) is 26.3 Å². The topological polar surface area (TPSA) is 37.3 Å². The first kappa shape index (κ1) is 10.9. The second kappa shape index (κ2) is 3.93. The zero-order chi connectivity index (χ0) is 10.8. The fraction of sp³-hybridized carbons (Fsp3) is 0.417. The van der Waals surface area contributed by atoms with E-state index < -0.39 is 11.5 Å². The highest BCUT2D eigenvalue weighted by molar-refractivity contribution is 5.84. The van der Waals surface area contributed by atoms with Crippen LogP contribution in [0.2, 0.25) is 0 Å². The van der Waals surface area contributed by atoms with E-state index in [0.29, 0.717) is 0 Å². The Balaban J connectivity index is 3.08. The molecule has 0 fully saturated rings. The number of carbonyl (C=O) groups is 1. The molecule has 1 unspecified atom stereocenters. The van der Waals surface area contributed by atoms with E-state index >= 15 is 0 Å². The van der Waals surface area contributed by atoms with Crippen molar-refractivity contribution >= 4 is 5.78 Å². The van der Waals surface area contributed by atoms with Crippen LogP contribution in [-0.2, 0) is 4.79 Å². The predicted octanol–water partition coefficient (Wildman–Crippen LogP) is 2.13. The van der Waals surface area contributed by atoms with E-state index in [1.807, 2.05) is 30.3 Å². The molecule has 0 spiro atoms. The molecule has 0 bridgehead atoms. The summed E-state index contributed by atoms with van der Waals surface area (Å²) >= 11 is 0. The fourth-order valence-corrected chi connectivity index (χ4v) is 1.79. The van der Waals surface area contributed by atoms with Crippen molar-refractivity contribution in [3.63, 3.8) is 0 Å². The van der Waals surface area contributed by atoms with Gasteiger partial charge in [0.1, 0.15) is 5.78 Å². The molecule has 0 aliphatic heterocycles. The molecule has 2 nitrogen and oxygen atoms in total. The van der Waals surface area contributed by atoms with Gasteiger partial charge in [-0.2, -0.15) is 0 Å². The molecule has 0 amide bonds. The lowest BCUT2D eigenvalue weighted by atomic mass is 9.82. The van der Waals surface area contributed by atoms with Crippen molar-refractivity contribution in [2.75, 3.05) is 0 Å². The Morgan fingerprint density at radius 3 is 2.14 bits per heavy atom. The number of rotatable bonds is 3. The lowest BCUT2D eigenvalue weighted by Gasteiger charge is -2.27. The van der Waals surface area contributed by atoms with Gasteiger partial charge in [0.2, 0.25) is 0 Å². The summed E-state index contributed by atoms with van der Waals surface area (Å²) in [7, 11) is 0.